The summed E-state index contributed by atoms with van der Waals surface area (Å²) in [5, 5.41) is 3.57. The van der Waals surface area contributed by atoms with Gasteiger partial charge in [-0.15, -0.1) is 0 Å². The Morgan fingerprint density at radius 2 is 1.63 bits per heavy atom. The number of nitrogens with one attached hydrogen (secondary N) is 1. The Balaban J connectivity index is 2.01. The van der Waals surface area contributed by atoms with Crippen LogP contribution in [0.1, 0.15) is 48.0 Å². The van der Waals surface area contributed by atoms with E-state index >= 15 is 0 Å². The molecule has 3 heteroatoms. The second-order valence-corrected chi connectivity index (χ2v) is 15.5. The van der Waals surface area contributed by atoms with E-state index in [1.165, 1.54) is 32.6 Å². The fourth-order valence-corrected chi connectivity index (χ4v) is 11.0. The largest absolute Gasteiger partial charge is 0.321 e. The SMILES string of the molecule is CC(C)C1=CC2C(CC(C(C)C)C2[Si](C)(C)N2CCNCC2)C(C(C)C)=C1. The molecule has 1 N–H and O–H groups in total. The van der Waals surface area contributed by atoms with Crippen molar-refractivity contribution in [1.82, 2.24) is 9.88 Å². The molecule has 0 bridgehead atoms. The quantitative estimate of drug-likeness (QED) is 0.621. The fraction of sp³-hybridized carbons (Fsp3) is 0.833. The van der Waals surface area contributed by atoms with Crippen LogP contribution in [0.5, 0.6) is 0 Å². The van der Waals surface area contributed by atoms with Gasteiger partial charge in [0.05, 0.1) is 0 Å². The molecular formula is C24H44N2Si. The average Bonchev–Trinajstić information content (AvgIpc) is 3.01. The molecule has 0 aromatic carbocycles. The minimum Gasteiger partial charge on any atom is -0.321 e. The van der Waals surface area contributed by atoms with Gasteiger partial charge in [-0.2, -0.15) is 0 Å². The maximum atomic E-state index is 3.57. The predicted octanol–water partition coefficient (Wildman–Crippen LogP) is 5.55. The Kier molecular flexibility index (Phi) is 6.45. The van der Waals surface area contributed by atoms with Crippen LogP contribution < -0.4 is 5.32 Å². The maximum Gasteiger partial charge on any atom is 0.126 e. The summed E-state index contributed by atoms with van der Waals surface area (Å²) in [7, 11) is -1.51. The van der Waals surface area contributed by atoms with Crippen molar-refractivity contribution >= 4 is 8.24 Å². The van der Waals surface area contributed by atoms with Gasteiger partial charge in [0.1, 0.15) is 8.24 Å². The highest BCUT2D eigenvalue weighted by molar-refractivity contribution is 6.76. The summed E-state index contributed by atoms with van der Waals surface area (Å²) in [6, 6.07) is 0. The molecule has 2 nitrogen and oxygen atoms in total. The monoisotopic (exact) mass is 388 g/mol. The lowest BCUT2D eigenvalue weighted by molar-refractivity contribution is 0.319. The zero-order chi connectivity index (χ0) is 19.9. The number of rotatable bonds is 5. The van der Waals surface area contributed by atoms with Crippen molar-refractivity contribution in [1.29, 1.82) is 0 Å². The lowest BCUT2D eigenvalue weighted by atomic mass is 9.76. The lowest BCUT2D eigenvalue weighted by Gasteiger charge is -2.48. The van der Waals surface area contributed by atoms with Crippen molar-refractivity contribution in [3.05, 3.63) is 23.3 Å². The lowest BCUT2D eigenvalue weighted by Crippen LogP contribution is -2.60. The summed E-state index contributed by atoms with van der Waals surface area (Å²) < 4.78 is 2.93. The Morgan fingerprint density at radius 1 is 1.00 bits per heavy atom. The van der Waals surface area contributed by atoms with E-state index in [0.29, 0.717) is 11.8 Å². The van der Waals surface area contributed by atoms with Crippen LogP contribution in [-0.4, -0.2) is 39.0 Å². The van der Waals surface area contributed by atoms with E-state index in [9.17, 15) is 0 Å². The Bertz CT molecular complexity index is 581. The summed E-state index contributed by atoms with van der Waals surface area (Å²) >= 11 is 0. The van der Waals surface area contributed by atoms with Gasteiger partial charge in [-0.05, 0) is 53.0 Å². The third kappa shape index (κ3) is 4.02. The molecule has 0 aromatic rings. The van der Waals surface area contributed by atoms with Crippen molar-refractivity contribution in [2.24, 2.45) is 35.5 Å². The number of hydrogen-bond acceptors (Lipinski definition) is 2. The molecule has 1 saturated carbocycles. The third-order valence-corrected chi connectivity index (χ3v) is 12.5. The first-order valence-electron chi connectivity index (χ1n) is 11.5. The van der Waals surface area contributed by atoms with Crippen LogP contribution in [0.15, 0.2) is 23.3 Å². The van der Waals surface area contributed by atoms with Gasteiger partial charge in [0.15, 0.2) is 0 Å². The number of nitrogens with zero attached hydrogens (tertiary/aromatic N) is 1. The van der Waals surface area contributed by atoms with E-state index in [1.54, 1.807) is 11.1 Å². The molecule has 0 amide bonds. The highest BCUT2D eigenvalue weighted by Gasteiger charge is 2.54. The molecule has 4 atom stereocenters. The number of fused-ring (bicyclic) bond motifs is 1. The smallest absolute Gasteiger partial charge is 0.126 e. The molecule has 1 heterocycles. The van der Waals surface area contributed by atoms with Gasteiger partial charge in [0, 0.05) is 26.2 Å². The first-order chi connectivity index (χ1) is 12.6. The van der Waals surface area contributed by atoms with E-state index in [-0.39, 0.29) is 0 Å². The molecule has 2 fully saturated rings. The van der Waals surface area contributed by atoms with Gasteiger partial charge >= 0.3 is 0 Å². The summed E-state index contributed by atoms with van der Waals surface area (Å²) in [5.41, 5.74) is 4.25. The molecule has 4 unspecified atom stereocenters. The van der Waals surface area contributed by atoms with Crippen LogP contribution in [0.25, 0.3) is 0 Å². The van der Waals surface area contributed by atoms with Gasteiger partial charge < -0.3 is 9.88 Å². The van der Waals surface area contributed by atoms with E-state index in [1.807, 2.05) is 0 Å². The molecule has 0 spiro atoms. The van der Waals surface area contributed by atoms with Crippen molar-refractivity contribution < 1.29 is 0 Å². The minimum absolute atomic E-state index is 0.641. The molecule has 2 aliphatic carbocycles. The normalized spacial score (nSPS) is 32.9. The van der Waals surface area contributed by atoms with E-state index < -0.39 is 8.24 Å². The topological polar surface area (TPSA) is 15.3 Å². The van der Waals surface area contributed by atoms with E-state index in [0.717, 1.165) is 29.2 Å². The first kappa shape index (κ1) is 21.3. The Labute approximate surface area is 170 Å². The first-order valence-corrected chi connectivity index (χ1v) is 14.6. The summed E-state index contributed by atoms with van der Waals surface area (Å²) in [6.45, 7) is 24.8. The molecule has 1 aliphatic heterocycles. The highest BCUT2D eigenvalue weighted by Crippen LogP contribution is 2.59. The second-order valence-electron chi connectivity index (χ2n) is 10.9. The van der Waals surface area contributed by atoms with Crippen LogP contribution in [0.4, 0.5) is 0 Å². The summed E-state index contributed by atoms with van der Waals surface area (Å²) in [5.74, 6) is 4.55. The predicted molar refractivity (Wildman–Crippen MR) is 121 cm³/mol. The molecule has 3 rings (SSSR count). The second kappa shape index (κ2) is 8.16. The zero-order valence-corrected chi connectivity index (χ0v) is 20.2. The van der Waals surface area contributed by atoms with Gasteiger partial charge in [0.25, 0.3) is 0 Å². The molecule has 0 aromatic heterocycles. The van der Waals surface area contributed by atoms with Crippen LogP contribution in [0, 0.1) is 35.5 Å². The fourth-order valence-electron chi connectivity index (χ4n) is 6.37. The van der Waals surface area contributed by atoms with Crippen LogP contribution in [0.2, 0.25) is 18.6 Å². The molecular weight excluding hydrogens is 344 g/mol. The van der Waals surface area contributed by atoms with E-state index in [4.69, 9.17) is 0 Å². The minimum atomic E-state index is -1.51. The Hall–Kier alpha value is -0.383. The molecule has 154 valence electrons. The van der Waals surface area contributed by atoms with Crippen LogP contribution in [-0.2, 0) is 0 Å². The number of allylic oxidation sites excluding steroid dienone is 4. The average molecular weight is 389 g/mol. The summed E-state index contributed by atoms with van der Waals surface area (Å²) in [4.78, 5) is 0. The third-order valence-electron chi connectivity index (χ3n) is 7.95. The van der Waals surface area contributed by atoms with E-state index in [2.05, 4.69) is 76.7 Å². The van der Waals surface area contributed by atoms with Crippen molar-refractivity contribution in [2.75, 3.05) is 26.2 Å². The summed E-state index contributed by atoms with van der Waals surface area (Å²) in [6.07, 6.45) is 6.75. The van der Waals surface area contributed by atoms with Gasteiger partial charge in [-0.3, -0.25) is 0 Å². The number of hydrogen-bond donors (Lipinski definition) is 1. The highest BCUT2D eigenvalue weighted by atomic mass is 28.3. The Morgan fingerprint density at radius 3 is 2.15 bits per heavy atom. The molecule has 1 saturated heterocycles. The molecule has 27 heavy (non-hydrogen) atoms. The molecule has 3 aliphatic rings. The van der Waals surface area contributed by atoms with Gasteiger partial charge in [0.2, 0.25) is 0 Å². The van der Waals surface area contributed by atoms with Crippen molar-refractivity contribution in [3.63, 3.8) is 0 Å². The van der Waals surface area contributed by atoms with Gasteiger partial charge in [-0.25, -0.2) is 0 Å². The maximum absolute atomic E-state index is 3.57. The van der Waals surface area contributed by atoms with Gasteiger partial charge in [-0.1, -0.05) is 72.4 Å². The standard InChI is InChI=1S/C24H44N2Si/c1-16(2)19-13-20(17(3)4)22-15-21(18(5)6)24(23(22)14-19)27(7,8)26-11-9-25-10-12-26/h13-14,16-18,21-25H,9-12,15H2,1-8H3. The van der Waals surface area contributed by atoms with Crippen LogP contribution in [0.3, 0.4) is 0 Å². The number of piperazine rings is 1. The van der Waals surface area contributed by atoms with Crippen LogP contribution >= 0.6 is 0 Å². The van der Waals surface area contributed by atoms with Crippen molar-refractivity contribution in [2.45, 2.75) is 66.6 Å². The van der Waals surface area contributed by atoms with Crippen molar-refractivity contribution in [3.8, 4) is 0 Å². The zero-order valence-electron chi connectivity index (χ0n) is 19.2. The molecule has 0 radical (unpaired) electrons.